The average molecular weight is 222 g/mol. The molecule has 2 atom stereocenters. The predicted molar refractivity (Wildman–Crippen MR) is 62.3 cm³/mol. The Morgan fingerprint density at radius 1 is 1.38 bits per heavy atom. The summed E-state index contributed by atoms with van der Waals surface area (Å²) in [5.74, 6) is 0.762. The summed E-state index contributed by atoms with van der Waals surface area (Å²) in [7, 11) is 1.99. The lowest BCUT2D eigenvalue weighted by atomic mass is 9.98. The van der Waals surface area contributed by atoms with Gasteiger partial charge in [-0.3, -0.25) is 4.90 Å². The third-order valence-corrected chi connectivity index (χ3v) is 3.36. The van der Waals surface area contributed by atoms with Crippen LogP contribution in [0.15, 0.2) is 18.2 Å². The van der Waals surface area contributed by atoms with Gasteiger partial charge in [-0.25, -0.2) is 0 Å². The Kier molecular flexibility index (Phi) is 3.03. The number of hydrogen-bond acceptors (Lipinski definition) is 4. The van der Waals surface area contributed by atoms with Crippen LogP contribution in [0.4, 0.5) is 0 Å². The second-order valence-electron chi connectivity index (χ2n) is 4.50. The Morgan fingerprint density at radius 3 is 2.50 bits per heavy atom. The van der Waals surface area contributed by atoms with Crippen LogP contribution in [0.25, 0.3) is 0 Å². The van der Waals surface area contributed by atoms with Crippen LogP contribution in [0.5, 0.6) is 11.5 Å². The van der Waals surface area contributed by atoms with Crippen molar-refractivity contribution in [1.82, 2.24) is 4.90 Å². The molecule has 88 valence electrons. The van der Waals surface area contributed by atoms with E-state index in [4.69, 9.17) is 5.73 Å². The van der Waals surface area contributed by atoms with Crippen molar-refractivity contribution in [3.05, 3.63) is 23.8 Å². The van der Waals surface area contributed by atoms with Gasteiger partial charge in [0, 0.05) is 12.6 Å². The Hall–Kier alpha value is -1.26. The van der Waals surface area contributed by atoms with E-state index in [-0.39, 0.29) is 17.5 Å². The fraction of sp³-hybridized carbons (Fsp3) is 0.500. The first-order valence-electron chi connectivity index (χ1n) is 5.54. The SMILES string of the molecule is CN1CC(CN)CC1c1c(O)cccc1O. The lowest BCUT2D eigenvalue weighted by molar-refractivity contribution is 0.297. The maximum Gasteiger partial charge on any atom is 0.124 e. The molecule has 0 saturated carbocycles. The summed E-state index contributed by atoms with van der Waals surface area (Å²) in [5, 5.41) is 19.6. The summed E-state index contributed by atoms with van der Waals surface area (Å²) in [6.45, 7) is 1.56. The first-order valence-corrected chi connectivity index (χ1v) is 5.54. The average Bonchev–Trinajstić information content (AvgIpc) is 2.60. The lowest BCUT2D eigenvalue weighted by Gasteiger charge is -2.21. The molecule has 4 heteroatoms. The van der Waals surface area contributed by atoms with Gasteiger partial charge in [-0.05, 0) is 38.1 Å². The Balaban J connectivity index is 2.31. The quantitative estimate of drug-likeness (QED) is 0.699. The van der Waals surface area contributed by atoms with E-state index >= 15 is 0 Å². The monoisotopic (exact) mass is 222 g/mol. The maximum atomic E-state index is 9.81. The number of phenolic OH excluding ortho intramolecular Hbond substituents is 2. The molecular formula is C12H18N2O2. The number of benzene rings is 1. The first kappa shape index (κ1) is 11.2. The summed E-state index contributed by atoms with van der Waals surface area (Å²) in [5.41, 5.74) is 6.29. The van der Waals surface area contributed by atoms with E-state index in [0.29, 0.717) is 18.0 Å². The highest BCUT2D eigenvalue weighted by atomic mass is 16.3. The van der Waals surface area contributed by atoms with Gasteiger partial charge < -0.3 is 15.9 Å². The Bertz CT molecular complexity index is 361. The number of hydrogen-bond donors (Lipinski definition) is 3. The van der Waals surface area contributed by atoms with Gasteiger partial charge in [0.1, 0.15) is 11.5 Å². The molecule has 4 N–H and O–H groups in total. The zero-order valence-corrected chi connectivity index (χ0v) is 9.43. The Morgan fingerprint density at radius 2 is 2.00 bits per heavy atom. The highest BCUT2D eigenvalue weighted by Crippen LogP contribution is 2.42. The van der Waals surface area contributed by atoms with Crippen LogP contribution in [-0.2, 0) is 0 Å². The van der Waals surface area contributed by atoms with Gasteiger partial charge in [0.15, 0.2) is 0 Å². The summed E-state index contributed by atoms with van der Waals surface area (Å²) in [6, 6.07) is 4.93. The third-order valence-electron chi connectivity index (χ3n) is 3.36. The summed E-state index contributed by atoms with van der Waals surface area (Å²) in [4.78, 5) is 2.13. The van der Waals surface area contributed by atoms with Crippen LogP contribution in [-0.4, -0.2) is 35.3 Å². The van der Waals surface area contributed by atoms with Crippen LogP contribution < -0.4 is 5.73 Å². The van der Waals surface area contributed by atoms with Gasteiger partial charge in [0.25, 0.3) is 0 Å². The number of nitrogens with two attached hydrogens (primary N) is 1. The molecule has 1 aromatic rings. The molecule has 0 spiro atoms. The van der Waals surface area contributed by atoms with Gasteiger partial charge in [0.2, 0.25) is 0 Å². The molecule has 16 heavy (non-hydrogen) atoms. The van der Waals surface area contributed by atoms with E-state index < -0.39 is 0 Å². The minimum atomic E-state index is 0.0646. The molecular weight excluding hydrogens is 204 g/mol. The number of nitrogens with zero attached hydrogens (tertiary/aromatic N) is 1. The molecule has 2 rings (SSSR count). The van der Waals surface area contributed by atoms with Crippen molar-refractivity contribution in [3.63, 3.8) is 0 Å². The molecule has 4 nitrogen and oxygen atoms in total. The number of rotatable bonds is 2. The normalized spacial score (nSPS) is 26.1. The molecule has 0 amide bonds. The van der Waals surface area contributed by atoms with Crippen molar-refractivity contribution < 1.29 is 10.2 Å². The van der Waals surface area contributed by atoms with Crippen molar-refractivity contribution in [3.8, 4) is 11.5 Å². The molecule has 1 fully saturated rings. The zero-order valence-electron chi connectivity index (χ0n) is 9.43. The van der Waals surface area contributed by atoms with Crippen molar-refractivity contribution in [2.75, 3.05) is 20.1 Å². The lowest BCUT2D eigenvalue weighted by Crippen LogP contribution is -2.20. The van der Waals surface area contributed by atoms with Gasteiger partial charge in [-0.15, -0.1) is 0 Å². The number of likely N-dealkylation sites (tertiary alicyclic amines) is 1. The summed E-state index contributed by atoms with van der Waals surface area (Å²) in [6.07, 6.45) is 0.887. The van der Waals surface area contributed by atoms with Crippen molar-refractivity contribution in [2.45, 2.75) is 12.5 Å². The van der Waals surface area contributed by atoms with Gasteiger partial charge in [-0.1, -0.05) is 6.07 Å². The number of phenols is 2. The minimum Gasteiger partial charge on any atom is -0.507 e. The second-order valence-corrected chi connectivity index (χ2v) is 4.50. The Labute approximate surface area is 95.3 Å². The first-order chi connectivity index (χ1) is 7.63. The standard InChI is InChI=1S/C12H18N2O2/c1-14-7-8(6-13)5-9(14)12-10(15)3-2-4-11(12)16/h2-4,8-9,15-16H,5-7,13H2,1H3. The summed E-state index contributed by atoms with van der Waals surface area (Å²) < 4.78 is 0. The van der Waals surface area contributed by atoms with Crippen LogP contribution >= 0.6 is 0 Å². The van der Waals surface area contributed by atoms with Gasteiger partial charge in [-0.2, -0.15) is 0 Å². The predicted octanol–water partition coefficient (Wildman–Crippen LogP) is 1.05. The molecule has 0 aliphatic carbocycles. The molecule has 1 aliphatic heterocycles. The van der Waals surface area contributed by atoms with E-state index in [1.165, 1.54) is 0 Å². The highest BCUT2D eigenvalue weighted by molar-refractivity contribution is 5.45. The molecule has 0 aromatic heterocycles. The summed E-state index contributed by atoms with van der Waals surface area (Å²) >= 11 is 0. The smallest absolute Gasteiger partial charge is 0.124 e. The maximum absolute atomic E-state index is 9.81. The molecule has 0 bridgehead atoms. The second kappa shape index (κ2) is 4.31. The van der Waals surface area contributed by atoms with Crippen molar-refractivity contribution in [1.29, 1.82) is 0 Å². The third kappa shape index (κ3) is 1.86. The molecule has 0 radical (unpaired) electrons. The van der Waals surface area contributed by atoms with E-state index in [1.807, 2.05) is 7.05 Å². The van der Waals surface area contributed by atoms with Crippen LogP contribution in [0, 0.1) is 5.92 Å². The van der Waals surface area contributed by atoms with E-state index in [1.54, 1.807) is 18.2 Å². The van der Waals surface area contributed by atoms with Crippen molar-refractivity contribution in [2.24, 2.45) is 11.7 Å². The fourth-order valence-electron chi connectivity index (χ4n) is 2.50. The largest absolute Gasteiger partial charge is 0.507 e. The van der Waals surface area contributed by atoms with Crippen LogP contribution in [0.2, 0.25) is 0 Å². The molecule has 1 saturated heterocycles. The number of aromatic hydroxyl groups is 2. The van der Waals surface area contributed by atoms with E-state index in [0.717, 1.165) is 13.0 Å². The van der Waals surface area contributed by atoms with Crippen LogP contribution in [0.3, 0.4) is 0 Å². The molecule has 1 aliphatic rings. The minimum absolute atomic E-state index is 0.0646. The van der Waals surface area contributed by atoms with E-state index in [2.05, 4.69) is 4.90 Å². The fourth-order valence-corrected chi connectivity index (χ4v) is 2.50. The molecule has 2 unspecified atom stereocenters. The van der Waals surface area contributed by atoms with Crippen LogP contribution in [0.1, 0.15) is 18.0 Å². The molecule has 1 heterocycles. The zero-order chi connectivity index (χ0) is 11.7. The molecule has 1 aromatic carbocycles. The van der Waals surface area contributed by atoms with Gasteiger partial charge in [0.05, 0.1) is 5.56 Å². The topological polar surface area (TPSA) is 69.7 Å². The van der Waals surface area contributed by atoms with E-state index in [9.17, 15) is 10.2 Å². The van der Waals surface area contributed by atoms with Crippen molar-refractivity contribution >= 4 is 0 Å². The highest BCUT2D eigenvalue weighted by Gasteiger charge is 2.32. The van der Waals surface area contributed by atoms with Gasteiger partial charge >= 0.3 is 0 Å².